The first kappa shape index (κ1) is 25.2. The predicted octanol–water partition coefficient (Wildman–Crippen LogP) is 4.37. The van der Waals surface area contributed by atoms with Crippen LogP contribution in [0.4, 0.5) is 14.5 Å². The molecule has 0 spiro atoms. The number of rotatable bonds is 6. The zero-order valence-corrected chi connectivity index (χ0v) is 20.9. The van der Waals surface area contributed by atoms with Crippen molar-refractivity contribution in [2.24, 2.45) is 0 Å². The van der Waals surface area contributed by atoms with Crippen molar-refractivity contribution in [3.63, 3.8) is 0 Å². The number of halogens is 2. The highest BCUT2D eigenvalue weighted by Gasteiger charge is 2.32. The van der Waals surface area contributed by atoms with Gasteiger partial charge in [0.1, 0.15) is 5.69 Å². The van der Waals surface area contributed by atoms with Crippen LogP contribution >= 0.6 is 0 Å². The Kier molecular flexibility index (Phi) is 6.67. The molecule has 0 radical (unpaired) electrons. The van der Waals surface area contributed by atoms with E-state index in [4.69, 9.17) is 11.0 Å². The minimum Gasteiger partial charge on any atom is -0.436 e. The molecule has 0 N–H and O–H groups in total. The van der Waals surface area contributed by atoms with Gasteiger partial charge in [0.15, 0.2) is 17.1 Å². The molecule has 11 nitrogen and oxygen atoms in total. The molecule has 4 heterocycles. The summed E-state index contributed by atoms with van der Waals surface area (Å²) in [6.07, 6.45) is 1.53. The normalized spacial score (nSPS) is 14.9. The second-order valence-corrected chi connectivity index (χ2v) is 9.10. The number of carbonyl (C=O) groups is 1. The molecule has 13 heteroatoms. The van der Waals surface area contributed by atoms with E-state index in [1.54, 1.807) is 35.2 Å². The fourth-order valence-corrected chi connectivity index (χ4v) is 4.72. The van der Waals surface area contributed by atoms with Gasteiger partial charge in [0.05, 0.1) is 18.1 Å². The van der Waals surface area contributed by atoms with Crippen LogP contribution in [0, 0.1) is 6.57 Å². The van der Waals surface area contributed by atoms with Gasteiger partial charge >= 0.3 is 6.55 Å². The number of aromatic nitrogens is 6. The molecule has 0 aliphatic carbocycles. The highest BCUT2D eigenvalue weighted by Crippen LogP contribution is 2.29. The molecule has 1 amide bonds. The zero-order valence-electron chi connectivity index (χ0n) is 20.9. The predicted molar refractivity (Wildman–Crippen MR) is 138 cm³/mol. The first-order valence-electron chi connectivity index (χ1n) is 12.4. The van der Waals surface area contributed by atoms with Gasteiger partial charge in [0.2, 0.25) is 5.89 Å². The van der Waals surface area contributed by atoms with E-state index in [2.05, 4.69) is 30.2 Å². The Morgan fingerprint density at radius 1 is 1.02 bits per heavy atom. The number of oxazole rings is 1. The number of alkyl halides is 2. The molecule has 0 bridgehead atoms. The Morgan fingerprint density at radius 2 is 1.82 bits per heavy atom. The number of piperazine rings is 1. The SMILES string of the molecule is [C-]#[N+]c1ccc2oc(-c3ccnc(C(=O)N4CCN([C@H](c5ccccc5)c5nnn(C(F)F)n5)CC4)c3)nc2c1. The van der Waals surface area contributed by atoms with E-state index in [-0.39, 0.29) is 17.4 Å². The van der Waals surface area contributed by atoms with Crippen LogP contribution in [-0.2, 0) is 0 Å². The van der Waals surface area contributed by atoms with E-state index in [0.717, 1.165) is 5.56 Å². The van der Waals surface area contributed by atoms with Gasteiger partial charge in [0, 0.05) is 37.9 Å². The van der Waals surface area contributed by atoms with E-state index >= 15 is 0 Å². The van der Waals surface area contributed by atoms with Gasteiger partial charge in [-0.1, -0.05) is 41.2 Å². The lowest BCUT2D eigenvalue weighted by atomic mass is 10.0. The molecule has 1 saturated heterocycles. The van der Waals surface area contributed by atoms with Gasteiger partial charge in [-0.2, -0.15) is 8.78 Å². The van der Waals surface area contributed by atoms with Crippen LogP contribution in [-0.4, -0.2) is 72.1 Å². The van der Waals surface area contributed by atoms with Crippen LogP contribution in [0.5, 0.6) is 0 Å². The Bertz CT molecular complexity index is 1710. The summed E-state index contributed by atoms with van der Waals surface area (Å²) in [5.74, 6) is 0.252. The smallest absolute Gasteiger partial charge is 0.350 e. The lowest BCUT2D eigenvalue weighted by Crippen LogP contribution is -2.50. The summed E-state index contributed by atoms with van der Waals surface area (Å²) in [5, 5.41) is 11.3. The molecule has 3 aromatic heterocycles. The zero-order chi connectivity index (χ0) is 27.6. The Labute approximate surface area is 226 Å². The van der Waals surface area contributed by atoms with Crippen LogP contribution in [0.1, 0.15) is 34.5 Å². The van der Waals surface area contributed by atoms with E-state index < -0.39 is 12.6 Å². The lowest BCUT2D eigenvalue weighted by Gasteiger charge is -2.38. The van der Waals surface area contributed by atoms with Crippen molar-refractivity contribution >= 4 is 22.7 Å². The Hall–Kier alpha value is -5.09. The molecule has 200 valence electrons. The van der Waals surface area contributed by atoms with Crippen molar-refractivity contribution in [3.8, 4) is 11.5 Å². The molecule has 1 fully saturated rings. The van der Waals surface area contributed by atoms with E-state index in [1.807, 2.05) is 35.2 Å². The van der Waals surface area contributed by atoms with Crippen molar-refractivity contribution in [1.82, 2.24) is 40.0 Å². The van der Waals surface area contributed by atoms with Gasteiger partial charge in [-0.25, -0.2) is 9.83 Å². The van der Waals surface area contributed by atoms with Gasteiger partial charge in [-0.05, 0) is 35.0 Å². The van der Waals surface area contributed by atoms with Gasteiger partial charge in [-0.15, -0.1) is 10.2 Å². The second-order valence-electron chi connectivity index (χ2n) is 9.10. The second kappa shape index (κ2) is 10.6. The van der Waals surface area contributed by atoms with Crippen LogP contribution in [0.15, 0.2) is 71.3 Å². The molecular weight excluding hydrogens is 520 g/mol. The van der Waals surface area contributed by atoms with Crippen LogP contribution < -0.4 is 0 Å². The molecule has 1 aliphatic rings. The number of hydrogen-bond acceptors (Lipinski definition) is 8. The molecule has 0 unspecified atom stereocenters. The van der Waals surface area contributed by atoms with Crippen molar-refractivity contribution in [1.29, 1.82) is 0 Å². The molecule has 1 atom stereocenters. The van der Waals surface area contributed by atoms with Crippen molar-refractivity contribution < 1.29 is 18.0 Å². The maximum absolute atomic E-state index is 13.4. The van der Waals surface area contributed by atoms with Crippen LogP contribution in [0.3, 0.4) is 0 Å². The van der Waals surface area contributed by atoms with Crippen molar-refractivity contribution in [3.05, 3.63) is 95.4 Å². The largest absolute Gasteiger partial charge is 0.436 e. The summed E-state index contributed by atoms with van der Waals surface area (Å²) < 4.78 is 32.1. The number of nitrogens with zero attached hydrogens (tertiary/aromatic N) is 9. The summed E-state index contributed by atoms with van der Waals surface area (Å²) in [5.41, 5.74) is 3.24. The Balaban J connectivity index is 1.19. The monoisotopic (exact) mass is 541 g/mol. The molecule has 0 saturated carbocycles. The molecule has 40 heavy (non-hydrogen) atoms. The van der Waals surface area contributed by atoms with Crippen LogP contribution in [0.25, 0.3) is 27.4 Å². The maximum Gasteiger partial charge on any atom is 0.350 e. The van der Waals surface area contributed by atoms with E-state index in [9.17, 15) is 13.6 Å². The number of amides is 1. The van der Waals surface area contributed by atoms with Crippen molar-refractivity contribution in [2.45, 2.75) is 12.6 Å². The summed E-state index contributed by atoms with van der Waals surface area (Å²) in [6.45, 7) is 5.99. The Morgan fingerprint density at radius 3 is 2.55 bits per heavy atom. The van der Waals surface area contributed by atoms with Crippen LogP contribution in [0.2, 0.25) is 0 Å². The minimum absolute atomic E-state index is 0.169. The number of hydrogen-bond donors (Lipinski definition) is 0. The molecule has 2 aromatic carbocycles. The number of tetrazole rings is 1. The average Bonchev–Trinajstić information content (AvgIpc) is 3.66. The van der Waals surface area contributed by atoms with Gasteiger partial charge in [-0.3, -0.25) is 14.7 Å². The fraction of sp³-hybridized carbons (Fsp3) is 0.222. The highest BCUT2D eigenvalue weighted by molar-refractivity contribution is 5.93. The van der Waals surface area contributed by atoms with Gasteiger partial charge in [0.25, 0.3) is 5.91 Å². The maximum atomic E-state index is 13.4. The summed E-state index contributed by atoms with van der Waals surface area (Å²) in [6, 6.07) is 17.2. The lowest BCUT2D eigenvalue weighted by molar-refractivity contribution is 0.0385. The topological polar surface area (TPSA) is 110 Å². The fourth-order valence-electron chi connectivity index (χ4n) is 4.72. The standard InChI is InChI=1S/C27H21F2N9O2/c1-30-19-7-8-22-20(16-19)32-25(40-22)18-9-10-31-21(15-18)26(39)37-13-11-36(12-14-37)23(17-5-3-2-4-6-17)24-33-35-38(34-24)27(28)29/h2-10,15-16,23,27H,11-14H2/t23-/m1/s1. The number of carbonyl (C=O) groups excluding carboxylic acids is 1. The first-order chi connectivity index (χ1) is 19.5. The molecule has 1 aliphatic heterocycles. The number of fused-ring (bicyclic) bond motifs is 1. The first-order valence-corrected chi connectivity index (χ1v) is 12.4. The summed E-state index contributed by atoms with van der Waals surface area (Å²) >= 11 is 0. The average molecular weight is 542 g/mol. The van der Waals surface area contributed by atoms with E-state index in [0.29, 0.717) is 59.2 Å². The molecular formula is C27H21F2N9O2. The summed E-state index contributed by atoms with van der Waals surface area (Å²) in [7, 11) is 0. The number of benzene rings is 2. The van der Waals surface area contributed by atoms with E-state index in [1.165, 1.54) is 6.20 Å². The molecule has 5 aromatic rings. The third kappa shape index (κ3) is 4.87. The number of pyridine rings is 1. The quantitative estimate of drug-likeness (QED) is 0.292. The van der Waals surface area contributed by atoms with Gasteiger partial charge < -0.3 is 9.32 Å². The van der Waals surface area contributed by atoms with Crippen molar-refractivity contribution in [2.75, 3.05) is 26.2 Å². The third-order valence-corrected chi connectivity index (χ3v) is 6.67. The molecule has 6 rings (SSSR count). The summed E-state index contributed by atoms with van der Waals surface area (Å²) in [4.78, 5) is 29.6. The minimum atomic E-state index is -2.89. The third-order valence-electron chi connectivity index (χ3n) is 6.67. The highest BCUT2D eigenvalue weighted by atomic mass is 19.3.